The number of rotatable bonds is 4. The van der Waals surface area contributed by atoms with E-state index in [2.05, 4.69) is 33.0 Å². The summed E-state index contributed by atoms with van der Waals surface area (Å²) in [4.78, 5) is 12.1. The number of hydrogen-bond donors (Lipinski definition) is 2. The van der Waals surface area contributed by atoms with Gasteiger partial charge in [-0.25, -0.2) is 0 Å². The molecule has 3 N–H and O–H groups in total. The number of aryl methyl sites for hydroxylation is 1. The molecule has 3 heteroatoms. The fraction of sp³-hybridized carbons (Fsp3) is 0.533. The van der Waals surface area contributed by atoms with Gasteiger partial charge in [0.1, 0.15) is 0 Å². The Bertz CT molecular complexity index is 436. The molecule has 0 saturated heterocycles. The third-order valence-electron chi connectivity index (χ3n) is 3.72. The second-order valence-corrected chi connectivity index (χ2v) is 5.92. The molecule has 0 aromatic heterocycles. The van der Waals surface area contributed by atoms with Crippen LogP contribution in [0.3, 0.4) is 0 Å². The zero-order valence-electron chi connectivity index (χ0n) is 12.0. The van der Waals surface area contributed by atoms with Gasteiger partial charge in [-0.15, -0.1) is 0 Å². The quantitative estimate of drug-likeness (QED) is 0.805. The van der Waals surface area contributed by atoms with Gasteiger partial charge < -0.3 is 11.1 Å². The summed E-state index contributed by atoms with van der Waals surface area (Å²) in [5.74, 6) is 0.414. The Kier molecular flexibility index (Phi) is 4.38. The molecule has 0 atom stereocenters. The SMILES string of the molecule is Cc1ccc(N)c(C(=O)NCC(C)(C)C(C)C)c1. The van der Waals surface area contributed by atoms with E-state index in [1.807, 2.05) is 19.1 Å². The number of anilines is 1. The van der Waals surface area contributed by atoms with Crippen LogP contribution in [-0.4, -0.2) is 12.5 Å². The van der Waals surface area contributed by atoms with Gasteiger partial charge in [-0.05, 0) is 30.4 Å². The molecule has 0 aliphatic heterocycles. The van der Waals surface area contributed by atoms with Gasteiger partial charge in [0.2, 0.25) is 0 Å². The van der Waals surface area contributed by atoms with Crippen LogP contribution in [0.1, 0.15) is 43.6 Å². The first-order valence-electron chi connectivity index (χ1n) is 6.38. The van der Waals surface area contributed by atoms with Crippen molar-refractivity contribution in [3.05, 3.63) is 29.3 Å². The number of amides is 1. The first-order valence-corrected chi connectivity index (χ1v) is 6.38. The zero-order valence-corrected chi connectivity index (χ0v) is 12.0. The fourth-order valence-corrected chi connectivity index (χ4v) is 1.47. The molecular formula is C15H24N2O. The maximum atomic E-state index is 12.1. The number of nitrogens with two attached hydrogens (primary N) is 1. The van der Waals surface area contributed by atoms with E-state index < -0.39 is 0 Å². The van der Waals surface area contributed by atoms with E-state index in [1.54, 1.807) is 6.07 Å². The second-order valence-electron chi connectivity index (χ2n) is 5.92. The van der Waals surface area contributed by atoms with Crippen molar-refractivity contribution in [2.45, 2.75) is 34.6 Å². The van der Waals surface area contributed by atoms with Crippen molar-refractivity contribution >= 4 is 11.6 Å². The van der Waals surface area contributed by atoms with Crippen molar-refractivity contribution in [1.82, 2.24) is 5.32 Å². The highest BCUT2D eigenvalue weighted by Crippen LogP contribution is 2.25. The van der Waals surface area contributed by atoms with Crippen LogP contribution < -0.4 is 11.1 Å². The van der Waals surface area contributed by atoms with Crippen molar-refractivity contribution in [2.75, 3.05) is 12.3 Å². The minimum absolute atomic E-state index is 0.0776. The third-order valence-corrected chi connectivity index (χ3v) is 3.72. The van der Waals surface area contributed by atoms with E-state index >= 15 is 0 Å². The summed E-state index contributed by atoms with van der Waals surface area (Å²) in [6.45, 7) is 11.2. The Morgan fingerprint density at radius 2 is 2.00 bits per heavy atom. The average molecular weight is 248 g/mol. The number of carbonyl (C=O) groups excluding carboxylic acids is 1. The Hall–Kier alpha value is -1.51. The third kappa shape index (κ3) is 3.49. The molecule has 0 unspecified atom stereocenters. The van der Waals surface area contributed by atoms with Gasteiger partial charge in [0, 0.05) is 12.2 Å². The number of carbonyl (C=O) groups is 1. The van der Waals surface area contributed by atoms with Crippen LogP contribution in [0.25, 0.3) is 0 Å². The molecule has 0 spiro atoms. The van der Waals surface area contributed by atoms with Gasteiger partial charge >= 0.3 is 0 Å². The van der Waals surface area contributed by atoms with Gasteiger partial charge in [0.05, 0.1) is 5.56 Å². The Morgan fingerprint density at radius 3 is 2.56 bits per heavy atom. The molecule has 1 rings (SSSR count). The predicted molar refractivity (Wildman–Crippen MR) is 76.5 cm³/mol. The van der Waals surface area contributed by atoms with E-state index in [0.29, 0.717) is 23.7 Å². The van der Waals surface area contributed by atoms with Gasteiger partial charge in [0.15, 0.2) is 0 Å². The summed E-state index contributed by atoms with van der Waals surface area (Å²) < 4.78 is 0. The fourth-order valence-electron chi connectivity index (χ4n) is 1.47. The minimum Gasteiger partial charge on any atom is -0.398 e. The second kappa shape index (κ2) is 5.42. The Morgan fingerprint density at radius 1 is 1.39 bits per heavy atom. The molecule has 18 heavy (non-hydrogen) atoms. The highest BCUT2D eigenvalue weighted by Gasteiger charge is 2.23. The van der Waals surface area contributed by atoms with E-state index in [-0.39, 0.29) is 11.3 Å². The summed E-state index contributed by atoms with van der Waals surface area (Å²) in [5.41, 5.74) is 8.04. The Balaban J connectivity index is 2.75. The predicted octanol–water partition coefficient (Wildman–Crippen LogP) is 2.99. The number of nitrogen functional groups attached to an aromatic ring is 1. The molecule has 100 valence electrons. The average Bonchev–Trinajstić information content (AvgIpc) is 2.29. The van der Waals surface area contributed by atoms with Crippen molar-refractivity contribution in [3.8, 4) is 0 Å². The molecule has 1 aromatic carbocycles. The van der Waals surface area contributed by atoms with E-state index in [0.717, 1.165) is 5.56 Å². The highest BCUT2D eigenvalue weighted by atomic mass is 16.1. The van der Waals surface area contributed by atoms with Crippen molar-refractivity contribution in [2.24, 2.45) is 11.3 Å². The summed E-state index contributed by atoms with van der Waals surface area (Å²) in [6.07, 6.45) is 0. The zero-order chi connectivity index (χ0) is 13.9. The van der Waals surface area contributed by atoms with Crippen molar-refractivity contribution in [3.63, 3.8) is 0 Å². The van der Waals surface area contributed by atoms with Crippen LogP contribution >= 0.6 is 0 Å². The van der Waals surface area contributed by atoms with Gasteiger partial charge in [-0.3, -0.25) is 4.79 Å². The summed E-state index contributed by atoms with van der Waals surface area (Å²) in [6, 6.07) is 5.51. The van der Waals surface area contributed by atoms with Crippen LogP contribution in [0, 0.1) is 18.3 Å². The lowest BCUT2D eigenvalue weighted by Gasteiger charge is -2.29. The summed E-state index contributed by atoms with van der Waals surface area (Å²) >= 11 is 0. The minimum atomic E-state index is -0.0927. The molecule has 3 nitrogen and oxygen atoms in total. The monoisotopic (exact) mass is 248 g/mol. The molecule has 0 saturated carbocycles. The van der Waals surface area contributed by atoms with Crippen LogP contribution in [0.15, 0.2) is 18.2 Å². The van der Waals surface area contributed by atoms with E-state index in [4.69, 9.17) is 5.73 Å². The molecular weight excluding hydrogens is 224 g/mol. The van der Waals surface area contributed by atoms with Gasteiger partial charge in [-0.1, -0.05) is 39.3 Å². The lowest BCUT2D eigenvalue weighted by molar-refractivity contribution is 0.0925. The summed E-state index contributed by atoms with van der Waals surface area (Å²) in [5, 5.41) is 2.97. The van der Waals surface area contributed by atoms with Crippen LogP contribution in [0.4, 0.5) is 5.69 Å². The molecule has 0 aliphatic carbocycles. The first kappa shape index (κ1) is 14.6. The lowest BCUT2D eigenvalue weighted by Crippen LogP contribution is -2.37. The maximum Gasteiger partial charge on any atom is 0.253 e. The lowest BCUT2D eigenvalue weighted by atomic mass is 9.81. The molecule has 0 fully saturated rings. The van der Waals surface area contributed by atoms with Crippen molar-refractivity contribution in [1.29, 1.82) is 0 Å². The summed E-state index contributed by atoms with van der Waals surface area (Å²) in [7, 11) is 0. The largest absolute Gasteiger partial charge is 0.398 e. The highest BCUT2D eigenvalue weighted by molar-refractivity contribution is 5.99. The molecule has 0 heterocycles. The molecule has 0 radical (unpaired) electrons. The number of nitrogens with one attached hydrogen (secondary N) is 1. The molecule has 0 bridgehead atoms. The topological polar surface area (TPSA) is 55.1 Å². The number of hydrogen-bond acceptors (Lipinski definition) is 2. The Labute approximate surface area is 110 Å². The first-order chi connectivity index (χ1) is 8.24. The van der Waals surface area contributed by atoms with Crippen LogP contribution in [0.5, 0.6) is 0 Å². The van der Waals surface area contributed by atoms with Gasteiger partial charge in [-0.2, -0.15) is 0 Å². The van der Waals surface area contributed by atoms with Crippen LogP contribution in [-0.2, 0) is 0 Å². The number of benzene rings is 1. The van der Waals surface area contributed by atoms with E-state index in [1.165, 1.54) is 0 Å². The standard InChI is InChI=1S/C15H24N2O/c1-10(2)15(4,5)9-17-14(18)12-8-11(3)6-7-13(12)16/h6-8,10H,9,16H2,1-5H3,(H,17,18). The van der Waals surface area contributed by atoms with Crippen molar-refractivity contribution < 1.29 is 4.79 Å². The van der Waals surface area contributed by atoms with E-state index in [9.17, 15) is 4.79 Å². The molecule has 1 amide bonds. The van der Waals surface area contributed by atoms with Gasteiger partial charge in [0.25, 0.3) is 5.91 Å². The molecule has 0 aliphatic rings. The molecule has 1 aromatic rings. The maximum absolute atomic E-state index is 12.1. The van der Waals surface area contributed by atoms with Crippen LogP contribution in [0.2, 0.25) is 0 Å². The smallest absolute Gasteiger partial charge is 0.253 e. The normalized spacial score (nSPS) is 11.7.